The maximum absolute atomic E-state index is 12.5. The van der Waals surface area contributed by atoms with E-state index in [1.807, 2.05) is 41.5 Å². The summed E-state index contributed by atoms with van der Waals surface area (Å²) in [7, 11) is -3.77. The molecule has 0 radical (unpaired) electrons. The summed E-state index contributed by atoms with van der Waals surface area (Å²) < 4.78 is 26.6. The van der Waals surface area contributed by atoms with Gasteiger partial charge in [0.1, 0.15) is 11.6 Å². The summed E-state index contributed by atoms with van der Waals surface area (Å²) in [4.78, 5) is 12.5. The Bertz CT molecular complexity index is 934. The van der Waals surface area contributed by atoms with Crippen molar-refractivity contribution in [1.29, 1.82) is 0 Å². The lowest BCUT2D eigenvalue weighted by atomic mass is 9.92. The van der Waals surface area contributed by atoms with E-state index in [-0.39, 0.29) is 15.8 Å². The Hall–Kier alpha value is -1.86. The maximum Gasteiger partial charge on any atom is 0.241 e. The molecule has 1 N–H and O–H groups in total. The first-order valence-electron chi connectivity index (χ1n) is 8.59. The summed E-state index contributed by atoms with van der Waals surface area (Å²) in [5.41, 5.74) is 0.236. The Morgan fingerprint density at radius 1 is 1.11 bits per heavy atom. The van der Waals surface area contributed by atoms with Crippen LogP contribution in [0.4, 0.5) is 5.82 Å². The van der Waals surface area contributed by atoms with E-state index >= 15 is 0 Å². The first kappa shape index (κ1) is 21.4. The Labute approximate surface area is 165 Å². The van der Waals surface area contributed by atoms with Gasteiger partial charge < -0.3 is 5.32 Å². The fourth-order valence-corrected chi connectivity index (χ4v) is 3.69. The molecule has 0 aliphatic heterocycles. The van der Waals surface area contributed by atoms with Gasteiger partial charge in [-0.1, -0.05) is 32.4 Å². The molecule has 1 aromatic carbocycles. The Morgan fingerprint density at radius 2 is 1.67 bits per heavy atom. The highest BCUT2D eigenvalue weighted by molar-refractivity contribution is 7.92. The summed E-state index contributed by atoms with van der Waals surface area (Å²) in [5.74, 6) is -0.797. The van der Waals surface area contributed by atoms with Crippen molar-refractivity contribution in [2.75, 3.05) is 11.1 Å². The molecule has 0 fully saturated rings. The zero-order valence-corrected chi connectivity index (χ0v) is 18.1. The zero-order chi connectivity index (χ0) is 20.6. The second-order valence-electron chi connectivity index (χ2n) is 8.51. The topological polar surface area (TPSA) is 81.1 Å². The monoisotopic (exact) mass is 411 g/mol. The van der Waals surface area contributed by atoms with E-state index in [0.29, 0.717) is 10.8 Å². The fraction of sp³-hybridized carbons (Fsp3) is 0.474. The number of amides is 1. The van der Waals surface area contributed by atoms with Crippen LogP contribution < -0.4 is 5.32 Å². The Balaban J connectivity index is 2.27. The van der Waals surface area contributed by atoms with Crippen molar-refractivity contribution in [2.24, 2.45) is 0 Å². The van der Waals surface area contributed by atoms with E-state index in [0.717, 1.165) is 5.69 Å². The molecule has 2 rings (SSSR count). The van der Waals surface area contributed by atoms with Crippen molar-refractivity contribution in [3.8, 4) is 0 Å². The fourth-order valence-electron chi connectivity index (χ4n) is 2.42. The molecule has 0 aliphatic carbocycles. The number of nitrogens with one attached hydrogen (secondary N) is 1. The third-order valence-corrected chi connectivity index (χ3v) is 5.76. The van der Waals surface area contributed by atoms with E-state index in [1.165, 1.54) is 24.3 Å². The van der Waals surface area contributed by atoms with Crippen LogP contribution in [-0.2, 0) is 25.6 Å². The van der Waals surface area contributed by atoms with Crippen molar-refractivity contribution in [2.45, 2.75) is 57.4 Å². The molecule has 6 nitrogen and oxygen atoms in total. The molecule has 27 heavy (non-hydrogen) atoms. The molecule has 0 spiro atoms. The van der Waals surface area contributed by atoms with Crippen LogP contribution in [0.3, 0.4) is 0 Å². The molecular formula is C19H26ClN3O3S. The molecule has 0 bridgehead atoms. The number of sulfone groups is 1. The van der Waals surface area contributed by atoms with Crippen molar-refractivity contribution >= 4 is 33.2 Å². The van der Waals surface area contributed by atoms with E-state index in [1.54, 1.807) is 10.7 Å². The van der Waals surface area contributed by atoms with E-state index in [9.17, 15) is 13.2 Å². The Morgan fingerprint density at radius 3 is 2.15 bits per heavy atom. The highest BCUT2D eigenvalue weighted by Gasteiger charge is 2.27. The van der Waals surface area contributed by atoms with Crippen molar-refractivity contribution in [3.05, 3.63) is 41.0 Å². The van der Waals surface area contributed by atoms with Crippen LogP contribution in [0.1, 0.15) is 47.2 Å². The molecule has 148 valence electrons. The van der Waals surface area contributed by atoms with Crippen molar-refractivity contribution in [1.82, 2.24) is 9.78 Å². The SMILES string of the molecule is CC(C)(C)c1cc(NC(=O)CS(=O)(=O)c2ccc(Cl)cc2)n(C(C)(C)C)n1. The Kier molecular flexibility index (Phi) is 5.78. The first-order valence-corrected chi connectivity index (χ1v) is 10.6. The lowest BCUT2D eigenvalue weighted by molar-refractivity contribution is -0.113. The molecule has 0 saturated heterocycles. The molecule has 2 aromatic rings. The van der Waals surface area contributed by atoms with E-state index < -0.39 is 21.5 Å². The average Bonchev–Trinajstić information content (AvgIpc) is 2.91. The van der Waals surface area contributed by atoms with E-state index in [2.05, 4.69) is 10.4 Å². The number of carbonyl (C=O) groups excluding carboxylic acids is 1. The summed E-state index contributed by atoms with van der Waals surface area (Å²) in [6.07, 6.45) is 0. The van der Waals surface area contributed by atoms with Gasteiger partial charge in [0.25, 0.3) is 0 Å². The molecule has 0 atom stereocenters. The van der Waals surface area contributed by atoms with Crippen LogP contribution >= 0.6 is 11.6 Å². The third-order valence-electron chi connectivity index (χ3n) is 3.87. The molecular weight excluding hydrogens is 386 g/mol. The number of halogens is 1. The van der Waals surface area contributed by atoms with Gasteiger partial charge in [0.2, 0.25) is 5.91 Å². The number of anilines is 1. The highest BCUT2D eigenvalue weighted by Crippen LogP contribution is 2.28. The number of nitrogens with zero attached hydrogens (tertiary/aromatic N) is 2. The van der Waals surface area contributed by atoms with Crippen LogP contribution in [0.5, 0.6) is 0 Å². The minimum atomic E-state index is -3.77. The van der Waals surface area contributed by atoms with Crippen LogP contribution in [0, 0.1) is 0 Å². The van der Waals surface area contributed by atoms with Gasteiger partial charge in [-0.25, -0.2) is 13.1 Å². The number of hydrogen-bond acceptors (Lipinski definition) is 4. The molecule has 0 aliphatic rings. The normalized spacial score (nSPS) is 12.9. The van der Waals surface area contributed by atoms with Crippen molar-refractivity contribution in [3.63, 3.8) is 0 Å². The summed E-state index contributed by atoms with van der Waals surface area (Å²) in [6, 6.07) is 7.54. The summed E-state index contributed by atoms with van der Waals surface area (Å²) >= 11 is 5.79. The highest BCUT2D eigenvalue weighted by atomic mass is 35.5. The largest absolute Gasteiger partial charge is 0.310 e. The van der Waals surface area contributed by atoms with Gasteiger partial charge in [0.15, 0.2) is 9.84 Å². The number of benzene rings is 1. The van der Waals surface area contributed by atoms with Gasteiger partial charge in [-0.3, -0.25) is 4.79 Å². The number of carbonyl (C=O) groups is 1. The molecule has 1 amide bonds. The van der Waals surface area contributed by atoms with Crippen molar-refractivity contribution < 1.29 is 13.2 Å². The predicted octanol–water partition coefficient (Wildman–Crippen LogP) is 4.00. The van der Waals surface area contributed by atoms with Crippen LogP contribution in [0.15, 0.2) is 35.2 Å². The minimum Gasteiger partial charge on any atom is -0.310 e. The standard InChI is InChI=1S/C19H26ClN3O3S/c1-18(2,3)15-11-16(23(22-15)19(4,5)6)21-17(24)12-27(25,26)14-9-7-13(20)8-10-14/h7-11H,12H2,1-6H3,(H,21,24). The predicted molar refractivity (Wildman–Crippen MR) is 108 cm³/mol. The van der Waals surface area contributed by atoms with Gasteiger partial charge in [-0.2, -0.15) is 5.10 Å². The third kappa shape index (κ3) is 5.32. The number of hydrogen-bond donors (Lipinski definition) is 1. The second-order valence-corrected chi connectivity index (χ2v) is 10.9. The molecule has 8 heteroatoms. The van der Waals surface area contributed by atoms with Gasteiger partial charge in [0.05, 0.1) is 16.1 Å². The smallest absolute Gasteiger partial charge is 0.241 e. The molecule has 0 saturated carbocycles. The quantitative estimate of drug-likeness (QED) is 0.824. The van der Waals surface area contributed by atoms with Gasteiger partial charge in [0, 0.05) is 16.5 Å². The summed E-state index contributed by atoms with van der Waals surface area (Å²) in [5, 5.41) is 7.74. The summed E-state index contributed by atoms with van der Waals surface area (Å²) in [6.45, 7) is 12.0. The van der Waals surface area contributed by atoms with E-state index in [4.69, 9.17) is 11.6 Å². The second kappa shape index (κ2) is 7.28. The zero-order valence-electron chi connectivity index (χ0n) is 16.5. The van der Waals surface area contributed by atoms with Gasteiger partial charge >= 0.3 is 0 Å². The van der Waals surface area contributed by atoms with Crippen LogP contribution in [0.25, 0.3) is 0 Å². The van der Waals surface area contributed by atoms with Gasteiger partial charge in [-0.15, -0.1) is 0 Å². The average molecular weight is 412 g/mol. The van der Waals surface area contributed by atoms with Gasteiger partial charge in [-0.05, 0) is 45.0 Å². The van der Waals surface area contributed by atoms with Crippen LogP contribution in [-0.4, -0.2) is 29.9 Å². The molecule has 1 heterocycles. The lowest BCUT2D eigenvalue weighted by Crippen LogP contribution is -2.29. The van der Waals surface area contributed by atoms with Crippen LogP contribution in [0.2, 0.25) is 5.02 Å². The maximum atomic E-state index is 12.5. The first-order chi connectivity index (χ1) is 12.2. The number of aromatic nitrogens is 2. The lowest BCUT2D eigenvalue weighted by Gasteiger charge is -2.23. The molecule has 0 unspecified atom stereocenters. The molecule has 1 aromatic heterocycles. The number of rotatable bonds is 4. The minimum absolute atomic E-state index is 0.0572.